The van der Waals surface area contributed by atoms with E-state index in [-0.39, 0.29) is 5.75 Å². The Hall–Kier alpha value is -4.08. The van der Waals surface area contributed by atoms with Crippen molar-refractivity contribution in [3.8, 4) is 5.75 Å². The number of anilines is 1. The summed E-state index contributed by atoms with van der Waals surface area (Å²) in [6.07, 6.45) is 6.67. The number of ether oxygens (including phenoxy) is 1. The molecule has 2 aromatic heterocycles. The Morgan fingerprint density at radius 2 is 1.91 bits per heavy atom. The number of nitrogens with one attached hydrogen (secondary N) is 1. The Morgan fingerprint density at radius 3 is 2.69 bits per heavy atom. The zero-order chi connectivity index (χ0) is 24.5. The molecule has 0 fully saturated rings. The number of oxazole rings is 1. The molecule has 2 aromatic carbocycles. The summed E-state index contributed by atoms with van der Waals surface area (Å²) in [5, 5.41) is 11.1. The first-order valence-electron chi connectivity index (χ1n) is 11.1. The third-order valence-corrected chi connectivity index (χ3v) is 5.08. The highest BCUT2D eigenvalue weighted by Gasteiger charge is 2.31. The lowest BCUT2D eigenvalue weighted by Gasteiger charge is -2.08. The molecule has 4 aromatic rings. The molecule has 0 aliphatic heterocycles. The Balaban J connectivity index is 1.22. The third-order valence-electron chi connectivity index (χ3n) is 5.08. The molecule has 1 N–H and O–H groups in total. The maximum absolute atomic E-state index is 12.4. The van der Waals surface area contributed by atoms with Crippen LogP contribution in [0.15, 0.2) is 71.6 Å². The average molecular weight is 483 g/mol. The average Bonchev–Trinajstić information content (AvgIpc) is 3.51. The van der Waals surface area contributed by atoms with Crippen LogP contribution in [0.4, 0.5) is 18.9 Å². The third kappa shape index (κ3) is 8.02. The first-order chi connectivity index (χ1) is 16.9. The van der Waals surface area contributed by atoms with E-state index in [0.717, 1.165) is 31.5 Å². The molecule has 10 heteroatoms. The van der Waals surface area contributed by atoms with Crippen LogP contribution in [-0.4, -0.2) is 26.3 Å². The monoisotopic (exact) mass is 483 g/mol. The van der Waals surface area contributed by atoms with E-state index in [2.05, 4.69) is 37.5 Å². The molecule has 0 amide bonds. The van der Waals surface area contributed by atoms with Gasteiger partial charge in [-0.2, -0.15) is 0 Å². The molecule has 0 saturated heterocycles. The van der Waals surface area contributed by atoms with Crippen molar-refractivity contribution >= 4 is 17.8 Å². The van der Waals surface area contributed by atoms with Crippen molar-refractivity contribution in [2.45, 2.75) is 38.7 Å². The molecule has 0 aliphatic rings. The summed E-state index contributed by atoms with van der Waals surface area (Å²) in [7, 11) is 0. The van der Waals surface area contributed by atoms with Crippen LogP contribution in [0.5, 0.6) is 5.75 Å². The SMILES string of the molecule is FC(F)(F)Oc1cccc(C=Cc2nc(CNc3ccc(CCCCn4ccnn4)cc3)co2)c1. The second-order valence-electron chi connectivity index (χ2n) is 7.80. The lowest BCUT2D eigenvalue weighted by molar-refractivity contribution is -0.274. The van der Waals surface area contributed by atoms with E-state index < -0.39 is 6.36 Å². The van der Waals surface area contributed by atoms with Gasteiger partial charge in [-0.05, 0) is 60.7 Å². The number of aromatic nitrogens is 4. The van der Waals surface area contributed by atoms with Gasteiger partial charge in [-0.15, -0.1) is 18.3 Å². The minimum absolute atomic E-state index is 0.283. The van der Waals surface area contributed by atoms with Gasteiger partial charge in [-0.3, -0.25) is 4.68 Å². The van der Waals surface area contributed by atoms with Crippen LogP contribution in [0.3, 0.4) is 0 Å². The molecule has 0 bridgehead atoms. The highest BCUT2D eigenvalue weighted by atomic mass is 19.4. The van der Waals surface area contributed by atoms with Crippen LogP contribution in [0.1, 0.15) is 35.6 Å². The minimum Gasteiger partial charge on any atom is -0.445 e. The summed E-state index contributed by atoms with van der Waals surface area (Å²) in [6, 6.07) is 13.9. The van der Waals surface area contributed by atoms with Crippen LogP contribution in [0.25, 0.3) is 12.2 Å². The predicted octanol–water partition coefficient (Wildman–Crippen LogP) is 5.97. The molecule has 0 radical (unpaired) electrons. The summed E-state index contributed by atoms with van der Waals surface area (Å²) in [5.74, 6) is 0.0694. The fourth-order valence-corrected chi connectivity index (χ4v) is 3.40. The molecule has 0 unspecified atom stereocenters. The van der Waals surface area contributed by atoms with E-state index in [1.54, 1.807) is 30.7 Å². The van der Waals surface area contributed by atoms with Crippen molar-refractivity contribution in [3.63, 3.8) is 0 Å². The Morgan fingerprint density at radius 1 is 1.06 bits per heavy atom. The van der Waals surface area contributed by atoms with Crippen molar-refractivity contribution in [3.05, 3.63) is 89.9 Å². The molecule has 35 heavy (non-hydrogen) atoms. The minimum atomic E-state index is -4.73. The predicted molar refractivity (Wildman–Crippen MR) is 125 cm³/mol. The molecule has 0 aliphatic carbocycles. The highest BCUT2D eigenvalue weighted by molar-refractivity contribution is 5.66. The van der Waals surface area contributed by atoms with Gasteiger partial charge in [-0.1, -0.05) is 29.5 Å². The number of alkyl halides is 3. The summed E-state index contributed by atoms with van der Waals surface area (Å²) >= 11 is 0. The number of rotatable bonds is 11. The smallest absolute Gasteiger partial charge is 0.445 e. The molecule has 0 spiro atoms. The number of unbranched alkanes of at least 4 members (excludes halogenated alkanes) is 1. The topological polar surface area (TPSA) is 78.0 Å². The lowest BCUT2D eigenvalue weighted by atomic mass is 10.1. The van der Waals surface area contributed by atoms with Gasteiger partial charge < -0.3 is 14.5 Å². The fraction of sp³-hybridized carbons (Fsp3) is 0.240. The van der Waals surface area contributed by atoms with Gasteiger partial charge in [-0.25, -0.2) is 4.98 Å². The van der Waals surface area contributed by atoms with E-state index in [4.69, 9.17) is 4.42 Å². The molecule has 182 valence electrons. The quantitative estimate of drug-likeness (QED) is 0.265. The maximum atomic E-state index is 12.4. The van der Waals surface area contributed by atoms with E-state index in [9.17, 15) is 13.2 Å². The van der Waals surface area contributed by atoms with Crippen molar-refractivity contribution in [2.24, 2.45) is 0 Å². The molecule has 7 nitrogen and oxygen atoms in total. The summed E-state index contributed by atoms with van der Waals surface area (Å²) < 4.78 is 48.3. The maximum Gasteiger partial charge on any atom is 0.573 e. The largest absolute Gasteiger partial charge is 0.573 e. The van der Waals surface area contributed by atoms with Crippen LogP contribution in [0.2, 0.25) is 0 Å². The number of hydrogen-bond acceptors (Lipinski definition) is 6. The van der Waals surface area contributed by atoms with Gasteiger partial charge in [0.2, 0.25) is 5.89 Å². The zero-order valence-corrected chi connectivity index (χ0v) is 18.8. The van der Waals surface area contributed by atoms with E-state index in [1.165, 1.54) is 23.8 Å². The summed E-state index contributed by atoms with van der Waals surface area (Å²) in [6.45, 7) is 1.34. The number of hydrogen-bond donors (Lipinski definition) is 1. The first-order valence-corrected chi connectivity index (χ1v) is 11.1. The van der Waals surface area contributed by atoms with Crippen LogP contribution >= 0.6 is 0 Å². The zero-order valence-electron chi connectivity index (χ0n) is 18.8. The molecule has 0 saturated carbocycles. The second kappa shape index (κ2) is 11.4. The Labute approximate surface area is 200 Å². The van der Waals surface area contributed by atoms with Gasteiger partial charge in [0.05, 0.1) is 18.4 Å². The number of nitrogens with zero attached hydrogens (tertiary/aromatic N) is 4. The van der Waals surface area contributed by atoms with Gasteiger partial charge in [0.25, 0.3) is 0 Å². The van der Waals surface area contributed by atoms with Crippen molar-refractivity contribution in [1.82, 2.24) is 20.0 Å². The molecular formula is C25H24F3N5O2. The number of aryl methyl sites for hydroxylation is 2. The molecular weight excluding hydrogens is 459 g/mol. The van der Waals surface area contributed by atoms with Crippen LogP contribution < -0.4 is 10.1 Å². The van der Waals surface area contributed by atoms with Crippen LogP contribution in [-0.2, 0) is 19.5 Å². The van der Waals surface area contributed by atoms with Gasteiger partial charge in [0, 0.05) is 24.5 Å². The lowest BCUT2D eigenvalue weighted by Crippen LogP contribution is -2.17. The summed E-state index contributed by atoms with van der Waals surface area (Å²) in [4.78, 5) is 4.37. The normalized spacial score (nSPS) is 11.7. The van der Waals surface area contributed by atoms with Crippen molar-refractivity contribution in [2.75, 3.05) is 5.32 Å². The molecule has 0 atom stereocenters. The Kier molecular flexibility index (Phi) is 7.81. The van der Waals surface area contributed by atoms with Gasteiger partial charge in [0.15, 0.2) is 0 Å². The molecule has 2 heterocycles. The van der Waals surface area contributed by atoms with Crippen molar-refractivity contribution in [1.29, 1.82) is 0 Å². The van der Waals surface area contributed by atoms with Gasteiger partial charge >= 0.3 is 6.36 Å². The van der Waals surface area contributed by atoms with E-state index in [0.29, 0.717) is 23.7 Å². The fourth-order valence-electron chi connectivity index (χ4n) is 3.40. The van der Waals surface area contributed by atoms with Gasteiger partial charge in [0.1, 0.15) is 12.0 Å². The second-order valence-corrected chi connectivity index (χ2v) is 7.80. The van der Waals surface area contributed by atoms with E-state index >= 15 is 0 Å². The molecule has 4 rings (SSSR count). The highest BCUT2D eigenvalue weighted by Crippen LogP contribution is 2.24. The van der Waals surface area contributed by atoms with Crippen LogP contribution in [0, 0.1) is 0 Å². The standard InChI is InChI=1S/C25H24F3N5O2/c26-25(27,28)35-23-6-3-5-20(16-23)9-12-24-31-22(18-34-24)17-29-21-10-7-19(8-11-21)4-1-2-14-33-15-13-30-32-33/h3,5-13,15-16,18,29H,1-2,4,14,17H2. The number of benzene rings is 2. The first kappa shape index (κ1) is 24.1. The Bertz CT molecular complexity index is 1220. The van der Waals surface area contributed by atoms with E-state index in [1.807, 2.05) is 23.0 Å². The van der Waals surface area contributed by atoms with Crippen molar-refractivity contribution < 1.29 is 22.3 Å². The number of halogens is 3. The summed E-state index contributed by atoms with van der Waals surface area (Å²) in [5.41, 5.74) is 3.48.